The maximum Gasteiger partial charge on any atom is 0.227 e. The number of halogens is 2. The Morgan fingerprint density at radius 3 is 2.72 bits per heavy atom. The highest BCUT2D eigenvalue weighted by Gasteiger charge is 2.21. The molecule has 3 heterocycles. The number of nitrogens with zero attached hydrogens (tertiary/aromatic N) is 4. The Balaban J connectivity index is 1.51. The fourth-order valence-corrected chi connectivity index (χ4v) is 4.32. The molecule has 166 valence electrons. The molecule has 1 fully saturated rings. The van der Waals surface area contributed by atoms with Gasteiger partial charge in [-0.1, -0.05) is 29.3 Å². The quantitative estimate of drug-likeness (QED) is 0.506. The number of aliphatic hydroxyl groups excluding tert-OH is 1. The van der Waals surface area contributed by atoms with Gasteiger partial charge in [0.15, 0.2) is 5.78 Å². The van der Waals surface area contributed by atoms with E-state index in [9.17, 15) is 9.90 Å². The third-order valence-corrected chi connectivity index (χ3v) is 5.84. The molecular weight excluding hydrogens is 449 g/mol. The number of nitrogens with one attached hydrogen (secondary N) is 1. The van der Waals surface area contributed by atoms with Gasteiger partial charge in [-0.25, -0.2) is 9.97 Å². The Morgan fingerprint density at radius 2 is 1.97 bits per heavy atom. The zero-order chi connectivity index (χ0) is 22.7. The van der Waals surface area contributed by atoms with E-state index < -0.39 is 0 Å². The number of benzene rings is 1. The lowest BCUT2D eigenvalue weighted by atomic mass is 10.0. The van der Waals surface area contributed by atoms with Gasteiger partial charge in [-0.2, -0.15) is 4.98 Å². The lowest BCUT2D eigenvalue weighted by Gasteiger charge is -2.30. The predicted octanol–water partition coefficient (Wildman–Crippen LogP) is 4.62. The number of carbonyl (C=O) groups is 1. The fraction of sp³-hybridized carbons (Fsp3) is 0.304. The van der Waals surface area contributed by atoms with E-state index in [4.69, 9.17) is 23.2 Å². The van der Waals surface area contributed by atoms with Crippen LogP contribution >= 0.6 is 23.2 Å². The molecule has 3 aromatic rings. The van der Waals surface area contributed by atoms with Gasteiger partial charge in [-0.05, 0) is 49.6 Å². The molecule has 0 aliphatic carbocycles. The van der Waals surface area contributed by atoms with E-state index in [1.807, 2.05) is 17.9 Å². The number of aryl methyl sites for hydroxylation is 1. The standard InChI is InChI=1S/C23H23Cl2N5O2/c1-14-10-21(29-23(27-14)30-9-3-4-16(31)13-30)28-20-12-15(7-8-26-20)11-19(32)22-17(24)5-2-6-18(22)25/h2,5-8,10,12,16,31H,3-4,9,11,13H2,1H3,(H,26,27,28,29)/t16-/m1/s1. The van der Waals surface area contributed by atoms with Crippen molar-refractivity contribution in [3.05, 3.63) is 69.5 Å². The number of aromatic nitrogens is 3. The first-order valence-electron chi connectivity index (χ1n) is 10.4. The van der Waals surface area contributed by atoms with Gasteiger partial charge in [0.05, 0.1) is 21.7 Å². The maximum atomic E-state index is 12.8. The van der Waals surface area contributed by atoms with Crippen LogP contribution in [0, 0.1) is 6.92 Å². The van der Waals surface area contributed by atoms with E-state index in [2.05, 4.69) is 20.3 Å². The molecule has 7 nitrogen and oxygen atoms in total. The Kier molecular flexibility index (Phi) is 6.89. The van der Waals surface area contributed by atoms with Crippen LogP contribution in [0.15, 0.2) is 42.6 Å². The second-order valence-electron chi connectivity index (χ2n) is 7.81. The number of hydrogen-bond donors (Lipinski definition) is 2. The van der Waals surface area contributed by atoms with E-state index in [0.717, 1.165) is 30.6 Å². The number of piperidine rings is 1. The molecule has 0 bridgehead atoms. The highest BCUT2D eigenvalue weighted by Crippen LogP contribution is 2.26. The number of Topliss-reactive ketones (excluding diaryl/α,β-unsaturated/α-hetero) is 1. The van der Waals surface area contributed by atoms with Crippen LogP contribution in [0.2, 0.25) is 10.0 Å². The SMILES string of the molecule is Cc1cc(Nc2cc(CC(=O)c3c(Cl)cccc3Cl)ccn2)nc(N2CCC[C@@H](O)C2)n1. The molecule has 1 atom stereocenters. The van der Waals surface area contributed by atoms with Gasteiger partial charge in [0.2, 0.25) is 5.95 Å². The Hall–Kier alpha value is -2.74. The number of carbonyl (C=O) groups excluding carboxylic acids is 1. The second-order valence-corrected chi connectivity index (χ2v) is 8.62. The summed E-state index contributed by atoms with van der Waals surface area (Å²) in [6.07, 6.45) is 3.10. The lowest BCUT2D eigenvalue weighted by Crippen LogP contribution is -2.39. The van der Waals surface area contributed by atoms with Gasteiger partial charge in [0.25, 0.3) is 0 Å². The Bertz CT molecular complexity index is 1120. The number of β-amino-alcohol motifs (C(OH)–C–C–N with tert-alkyl or cyclic N) is 1. The molecule has 1 aromatic carbocycles. The van der Waals surface area contributed by atoms with Crippen molar-refractivity contribution in [3.8, 4) is 0 Å². The predicted molar refractivity (Wildman–Crippen MR) is 126 cm³/mol. The summed E-state index contributed by atoms with van der Waals surface area (Å²) in [6.45, 7) is 3.22. The molecule has 0 amide bonds. The summed E-state index contributed by atoms with van der Waals surface area (Å²) in [5.74, 6) is 1.56. The smallest absolute Gasteiger partial charge is 0.227 e. The molecule has 0 spiro atoms. The molecule has 32 heavy (non-hydrogen) atoms. The van der Waals surface area contributed by atoms with Crippen molar-refractivity contribution in [3.63, 3.8) is 0 Å². The van der Waals surface area contributed by atoms with Gasteiger partial charge in [0, 0.05) is 37.5 Å². The molecule has 2 aromatic heterocycles. The first-order valence-corrected chi connectivity index (χ1v) is 11.1. The highest BCUT2D eigenvalue weighted by molar-refractivity contribution is 6.39. The van der Waals surface area contributed by atoms with Crippen molar-refractivity contribution in [1.82, 2.24) is 15.0 Å². The molecule has 9 heteroatoms. The van der Waals surface area contributed by atoms with Crippen molar-refractivity contribution in [1.29, 1.82) is 0 Å². The van der Waals surface area contributed by atoms with Crippen LogP contribution in [-0.2, 0) is 6.42 Å². The molecule has 4 rings (SSSR count). The lowest BCUT2D eigenvalue weighted by molar-refractivity contribution is 0.0993. The van der Waals surface area contributed by atoms with Crippen molar-refractivity contribution in [2.45, 2.75) is 32.3 Å². The van der Waals surface area contributed by atoms with Crippen molar-refractivity contribution in [2.75, 3.05) is 23.3 Å². The van der Waals surface area contributed by atoms with Crippen molar-refractivity contribution >= 4 is 46.6 Å². The van der Waals surface area contributed by atoms with Crippen LogP contribution in [0.3, 0.4) is 0 Å². The summed E-state index contributed by atoms with van der Waals surface area (Å²) in [6, 6.07) is 10.4. The minimum absolute atomic E-state index is 0.139. The maximum absolute atomic E-state index is 12.8. The third kappa shape index (κ3) is 5.35. The molecule has 0 radical (unpaired) electrons. The minimum atomic E-state index is -0.369. The fourth-order valence-electron chi connectivity index (χ4n) is 3.72. The molecule has 1 aliphatic rings. The molecule has 0 saturated carbocycles. The number of hydrogen-bond acceptors (Lipinski definition) is 7. The molecule has 2 N–H and O–H groups in total. The van der Waals surface area contributed by atoms with Gasteiger partial charge in [-0.3, -0.25) is 4.79 Å². The first-order chi connectivity index (χ1) is 15.4. The molecule has 1 aliphatic heterocycles. The number of aliphatic hydroxyl groups is 1. The number of anilines is 3. The largest absolute Gasteiger partial charge is 0.391 e. The number of pyridine rings is 1. The minimum Gasteiger partial charge on any atom is -0.391 e. The van der Waals surface area contributed by atoms with Gasteiger partial charge in [0.1, 0.15) is 11.6 Å². The van der Waals surface area contributed by atoms with E-state index in [0.29, 0.717) is 39.7 Å². The van der Waals surface area contributed by atoms with Crippen LogP contribution in [0.4, 0.5) is 17.6 Å². The van der Waals surface area contributed by atoms with Crippen LogP contribution in [-0.4, -0.2) is 45.0 Å². The normalized spacial score (nSPS) is 16.1. The summed E-state index contributed by atoms with van der Waals surface area (Å²) in [5.41, 5.74) is 1.90. The Morgan fingerprint density at radius 1 is 1.19 bits per heavy atom. The van der Waals surface area contributed by atoms with Gasteiger partial charge >= 0.3 is 0 Å². The molecule has 1 saturated heterocycles. The average Bonchev–Trinajstić information content (AvgIpc) is 2.73. The average molecular weight is 472 g/mol. The summed E-state index contributed by atoms with van der Waals surface area (Å²) < 4.78 is 0. The summed E-state index contributed by atoms with van der Waals surface area (Å²) >= 11 is 12.3. The number of rotatable bonds is 6. The first kappa shape index (κ1) is 22.5. The zero-order valence-corrected chi connectivity index (χ0v) is 19.1. The number of ketones is 1. The van der Waals surface area contributed by atoms with Crippen LogP contribution in [0.1, 0.15) is 34.5 Å². The summed E-state index contributed by atoms with van der Waals surface area (Å²) in [4.78, 5) is 28.2. The van der Waals surface area contributed by atoms with Gasteiger partial charge < -0.3 is 15.3 Å². The molecule has 0 unspecified atom stereocenters. The highest BCUT2D eigenvalue weighted by atomic mass is 35.5. The summed E-state index contributed by atoms with van der Waals surface area (Å²) in [7, 11) is 0. The third-order valence-electron chi connectivity index (χ3n) is 5.21. The van der Waals surface area contributed by atoms with E-state index in [1.54, 1.807) is 36.5 Å². The topological polar surface area (TPSA) is 91.2 Å². The summed E-state index contributed by atoms with van der Waals surface area (Å²) in [5, 5.41) is 13.8. The zero-order valence-electron chi connectivity index (χ0n) is 17.6. The van der Waals surface area contributed by atoms with Gasteiger partial charge in [-0.15, -0.1) is 0 Å². The van der Waals surface area contributed by atoms with E-state index in [-0.39, 0.29) is 18.3 Å². The van der Waals surface area contributed by atoms with Crippen LogP contribution in [0.25, 0.3) is 0 Å². The second kappa shape index (κ2) is 9.81. The van der Waals surface area contributed by atoms with Crippen molar-refractivity contribution < 1.29 is 9.90 Å². The Labute approximate surface area is 196 Å². The monoisotopic (exact) mass is 471 g/mol. The van der Waals surface area contributed by atoms with Crippen LogP contribution < -0.4 is 10.2 Å². The van der Waals surface area contributed by atoms with E-state index in [1.165, 1.54) is 0 Å². The van der Waals surface area contributed by atoms with Crippen LogP contribution in [0.5, 0.6) is 0 Å². The van der Waals surface area contributed by atoms with E-state index >= 15 is 0 Å². The van der Waals surface area contributed by atoms with Crippen molar-refractivity contribution in [2.24, 2.45) is 0 Å². The molecular formula is C23H23Cl2N5O2.